The minimum atomic E-state index is -3.06. The third-order valence-electron chi connectivity index (χ3n) is 2.99. The summed E-state index contributed by atoms with van der Waals surface area (Å²) in [4.78, 5) is 0. The van der Waals surface area contributed by atoms with Crippen LogP contribution in [0.1, 0.15) is 24.0 Å². The molecule has 5 heteroatoms. The van der Waals surface area contributed by atoms with Crippen molar-refractivity contribution in [1.82, 2.24) is 0 Å². The number of methoxy groups -OCH3 is 2. The molecule has 0 aromatic heterocycles. The summed E-state index contributed by atoms with van der Waals surface area (Å²) < 4.78 is 38.6. The van der Waals surface area contributed by atoms with Crippen molar-refractivity contribution in [2.45, 2.75) is 25.2 Å². The molecule has 0 amide bonds. The predicted molar refractivity (Wildman–Crippen MR) is 74.3 cm³/mol. The molecule has 0 radical (unpaired) electrons. The van der Waals surface area contributed by atoms with Crippen molar-refractivity contribution in [2.24, 2.45) is 5.73 Å². The average Bonchev–Trinajstić information content (AvgIpc) is 2.44. The van der Waals surface area contributed by atoms with Gasteiger partial charge in [0.1, 0.15) is 11.5 Å². The van der Waals surface area contributed by atoms with Crippen molar-refractivity contribution >= 4 is 0 Å². The van der Waals surface area contributed by atoms with Crippen molar-refractivity contribution in [3.63, 3.8) is 0 Å². The zero-order valence-electron chi connectivity index (χ0n) is 11.7. The van der Waals surface area contributed by atoms with Gasteiger partial charge in [-0.2, -0.15) is 0 Å². The van der Waals surface area contributed by atoms with Crippen molar-refractivity contribution in [3.8, 4) is 23.8 Å². The largest absolute Gasteiger partial charge is 0.496 e. The Balaban J connectivity index is 3.28. The van der Waals surface area contributed by atoms with E-state index in [9.17, 15) is 8.78 Å². The van der Waals surface area contributed by atoms with Crippen LogP contribution in [0.3, 0.4) is 0 Å². The molecule has 0 aliphatic rings. The van der Waals surface area contributed by atoms with Gasteiger partial charge in [-0.3, -0.25) is 0 Å². The van der Waals surface area contributed by atoms with E-state index in [1.807, 2.05) is 0 Å². The third kappa shape index (κ3) is 3.61. The molecule has 0 fully saturated rings. The highest BCUT2D eigenvalue weighted by Gasteiger charge is 2.35. The van der Waals surface area contributed by atoms with Crippen LogP contribution in [0.4, 0.5) is 8.78 Å². The second-order valence-corrected chi connectivity index (χ2v) is 4.31. The van der Waals surface area contributed by atoms with Crippen molar-refractivity contribution in [1.29, 1.82) is 0 Å². The van der Waals surface area contributed by atoms with Gasteiger partial charge in [0.2, 0.25) is 0 Å². The van der Waals surface area contributed by atoms with E-state index in [-0.39, 0.29) is 17.7 Å². The zero-order chi connectivity index (χ0) is 15.2. The lowest BCUT2D eigenvalue weighted by molar-refractivity contribution is -0.0141. The molecule has 0 unspecified atom stereocenters. The van der Waals surface area contributed by atoms with Crippen LogP contribution in [0, 0.1) is 12.3 Å². The molecular formula is C15H19F2NO2. The van der Waals surface area contributed by atoms with Gasteiger partial charge >= 0.3 is 0 Å². The van der Waals surface area contributed by atoms with E-state index in [2.05, 4.69) is 5.92 Å². The number of benzene rings is 1. The van der Waals surface area contributed by atoms with E-state index in [4.69, 9.17) is 21.6 Å². The summed E-state index contributed by atoms with van der Waals surface area (Å²) in [6.45, 7) is 0.395. The number of alkyl halides is 2. The summed E-state index contributed by atoms with van der Waals surface area (Å²) in [5.41, 5.74) is 6.02. The lowest BCUT2D eigenvalue weighted by atomic mass is 9.99. The van der Waals surface area contributed by atoms with Gasteiger partial charge in [0.15, 0.2) is 0 Å². The lowest BCUT2D eigenvalue weighted by Crippen LogP contribution is -2.15. The summed E-state index contributed by atoms with van der Waals surface area (Å²) in [7, 11) is 2.79. The Hall–Kier alpha value is -1.80. The molecule has 2 N–H and O–H groups in total. The van der Waals surface area contributed by atoms with Crippen LogP contribution in [0.25, 0.3) is 0 Å². The first-order valence-electron chi connectivity index (χ1n) is 6.26. The molecule has 110 valence electrons. The molecule has 1 aromatic carbocycles. The minimum absolute atomic E-state index is 0.0109. The average molecular weight is 283 g/mol. The van der Waals surface area contributed by atoms with E-state index < -0.39 is 12.3 Å². The fourth-order valence-corrected chi connectivity index (χ4v) is 1.96. The maximum absolute atomic E-state index is 14.2. The van der Waals surface area contributed by atoms with Gasteiger partial charge in [0, 0.05) is 12.8 Å². The first-order chi connectivity index (χ1) is 9.50. The molecule has 20 heavy (non-hydrogen) atoms. The number of nitrogens with two attached hydrogens (primary N) is 1. The van der Waals surface area contributed by atoms with Gasteiger partial charge in [-0.1, -0.05) is 0 Å². The van der Waals surface area contributed by atoms with Crippen LogP contribution in [0.5, 0.6) is 11.5 Å². The minimum Gasteiger partial charge on any atom is -0.496 e. The Kier molecular flexibility index (Phi) is 5.78. The topological polar surface area (TPSA) is 44.5 Å². The molecule has 1 rings (SSSR count). The Bertz CT molecular complexity index is 495. The smallest absolute Gasteiger partial charge is 0.277 e. The SMILES string of the molecule is C#CCCC(F)(F)c1cc(OC)c(CCN)cc1OC. The first kappa shape index (κ1) is 16.3. The monoisotopic (exact) mass is 283 g/mol. The van der Waals surface area contributed by atoms with E-state index in [0.717, 1.165) is 5.56 Å². The van der Waals surface area contributed by atoms with Gasteiger partial charge < -0.3 is 15.2 Å². The predicted octanol–water partition coefficient (Wildman–Crippen LogP) is 2.71. The van der Waals surface area contributed by atoms with E-state index in [1.165, 1.54) is 20.3 Å². The number of hydrogen-bond acceptors (Lipinski definition) is 3. The van der Waals surface area contributed by atoms with Crippen molar-refractivity contribution < 1.29 is 18.3 Å². The summed E-state index contributed by atoms with van der Waals surface area (Å²) in [6, 6.07) is 2.85. The quantitative estimate of drug-likeness (QED) is 0.783. The molecule has 0 atom stereocenters. The third-order valence-corrected chi connectivity index (χ3v) is 2.99. The van der Waals surface area contributed by atoms with Crippen molar-refractivity contribution in [3.05, 3.63) is 23.3 Å². The molecule has 3 nitrogen and oxygen atoms in total. The normalized spacial score (nSPS) is 11.0. The van der Waals surface area contributed by atoms with Crippen LogP contribution in [-0.2, 0) is 12.3 Å². The second-order valence-electron chi connectivity index (χ2n) is 4.31. The van der Waals surface area contributed by atoms with Gasteiger partial charge in [0.05, 0.1) is 19.8 Å². The molecule has 1 aromatic rings. The molecular weight excluding hydrogens is 264 g/mol. The highest BCUT2D eigenvalue weighted by atomic mass is 19.3. The number of halogens is 2. The van der Waals surface area contributed by atoms with Crippen LogP contribution in [-0.4, -0.2) is 20.8 Å². The molecule has 0 aliphatic carbocycles. The fraction of sp³-hybridized carbons (Fsp3) is 0.467. The molecule has 0 heterocycles. The van der Waals surface area contributed by atoms with E-state index in [0.29, 0.717) is 18.7 Å². The van der Waals surface area contributed by atoms with Crippen LogP contribution < -0.4 is 15.2 Å². The summed E-state index contributed by atoms with van der Waals surface area (Å²) in [5.74, 6) is -0.338. The maximum atomic E-state index is 14.2. The summed E-state index contributed by atoms with van der Waals surface area (Å²) in [6.07, 6.45) is 5.13. The molecule has 0 bridgehead atoms. The maximum Gasteiger partial charge on any atom is 0.277 e. The van der Waals surface area contributed by atoms with Gasteiger partial charge in [0.25, 0.3) is 5.92 Å². The number of ether oxygens (including phenoxy) is 2. The van der Waals surface area contributed by atoms with Crippen LogP contribution >= 0.6 is 0 Å². The van der Waals surface area contributed by atoms with Gasteiger partial charge in [-0.05, 0) is 30.7 Å². The summed E-state index contributed by atoms with van der Waals surface area (Å²) >= 11 is 0. The number of rotatable bonds is 7. The molecule has 0 aliphatic heterocycles. The Labute approximate surface area is 118 Å². The lowest BCUT2D eigenvalue weighted by Gasteiger charge is -2.21. The molecule has 0 saturated carbocycles. The Morgan fingerprint density at radius 1 is 1.25 bits per heavy atom. The number of hydrogen-bond donors (Lipinski definition) is 1. The Morgan fingerprint density at radius 3 is 2.40 bits per heavy atom. The second kappa shape index (κ2) is 7.11. The van der Waals surface area contributed by atoms with Crippen LogP contribution in [0.2, 0.25) is 0 Å². The van der Waals surface area contributed by atoms with Crippen LogP contribution in [0.15, 0.2) is 12.1 Å². The zero-order valence-corrected chi connectivity index (χ0v) is 11.7. The molecule has 0 saturated heterocycles. The Morgan fingerprint density at radius 2 is 1.90 bits per heavy atom. The first-order valence-corrected chi connectivity index (χ1v) is 6.26. The van der Waals surface area contributed by atoms with Gasteiger partial charge in [-0.15, -0.1) is 12.3 Å². The van der Waals surface area contributed by atoms with E-state index in [1.54, 1.807) is 6.07 Å². The summed E-state index contributed by atoms with van der Waals surface area (Å²) in [5, 5.41) is 0. The van der Waals surface area contributed by atoms with Crippen molar-refractivity contribution in [2.75, 3.05) is 20.8 Å². The molecule has 0 spiro atoms. The highest BCUT2D eigenvalue weighted by Crippen LogP contribution is 2.41. The standard InChI is InChI=1S/C15H19F2NO2/c1-4-5-7-15(16,17)12-10-13(19-2)11(6-8-18)9-14(12)20-3/h1,9-10H,5-8,18H2,2-3H3. The van der Waals surface area contributed by atoms with Gasteiger partial charge in [-0.25, -0.2) is 8.78 Å². The number of terminal acetylenes is 1. The highest BCUT2D eigenvalue weighted by molar-refractivity contribution is 5.48. The fourth-order valence-electron chi connectivity index (χ4n) is 1.96. The van der Waals surface area contributed by atoms with E-state index >= 15 is 0 Å².